The van der Waals surface area contributed by atoms with E-state index in [1.165, 1.54) is 4.57 Å². The largest absolute Gasteiger partial charge is 0.490 e. The fraction of sp³-hybridized carbons (Fsp3) is 0.348. The maximum absolute atomic E-state index is 12.5. The number of carbonyl (C=O) groups is 1. The number of hydrogen-bond acceptors (Lipinski definition) is 5. The fourth-order valence-corrected chi connectivity index (χ4v) is 3.14. The highest BCUT2D eigenvalue weighted by molar-refractivity contribution is 5.91. The van der Waals surface area contributed by atoms with E-state index in [2.05, 4.69) is 10.3 Å². The van der Waals surface area contributed by atoms with E-state index in [0.29, 0.717) is 41.3 Å². The number of hydrogen-bond donors (Lipinski definition) is 2. The smallest absolute Gasteiger partial charge is 0.328 e. The van der Waals surface area contributed by atoms with Gasteiger partial charge in [0, 0.05) is 24.7 Å². The van der Waals surface area contributed by atoms with E-state index in [9.17, 15) is 14.4 Å². The molecule has 1 heterocycles. The maximum atomic E-state index is 12.5. The molecule has 2 aromatic carbocycles. The number of rotatable bonds is 10. The van der Waals surface area contributed by atoms with Crippen LogP contribution < -0.4 is 26.0 Å². The Morgan fingerprint density at radius 3 is 2.45 bits per heavy atom. The molecule has 0 saturated heterocycles. The highest BCUT2D eigenvalue weighted by Gasteiger charge is 2.11. The number of nitrogens with one attached hydrogen (secondary N) is 2. The van der Waals surface area contributed by atoms with Crippen molar-refractivity contribution in [2.24, 2.45) is 0 Å². The molecule has 0 bridgehead atoms. The van der Waals surface area contributed by atoms with Gasteiger partial charge in [0.05, 0.1) is 24.1 Å². The number of carbonyl (C=O) groups excluding carboxylic acids is 1. The minimum absolute atomic E-state index is 0.0647. The number of anilines is 1. The minimum Gasteiger partial charge on any atom is -0.490 e. The van der Waals surface area contributed by atoms with Gasteiger partial charge in [0.25, 0.3) is 5.56 Å². The van der Waals surface area contributed by atoms with Gasteiger partial charge in [-0.25, -0.2) is 4.79 Å². The van der Waals surface area contributed by atoms with Crippen molar-refractivity contribution in [1.82, 2.24) is 9.55 Å². The van der Waals surface area contributed by atoms with Crippen LogP contribution in [0.15, 0.2) is 52.1 Å². The van der Waals surface area contributed by atoms with Crippen LogP contribution in [0.2, 0.25) is 0 Å². The molecule has 1 amide bonds. The quantitative estimate of drug-likeness (QED) is 0.519. The number of fused-ring (bicyclic) bond motifs is 1. The second kappa shape index (κ2) is 10.5. The normalized spacial score (nSPS) is 10.8. The number of aryl methyl sites for hydroxylation is 1. The SMILES string of the molecule is CCCOc1ccc(NC(=O)CCn2c(=O)[nH]c(=O)c3ccccc32)cc1OCCC. The molecule has 0 saturated carbocycles. The van der Waals surface area contributed by atoms with Crippen LogP contribution in [0.1, 0.15) is 33.1 Å². The van der Waals surface area contributed by atoms with Gasteiger partial charge < -0.3 is 14.8 Å². The van der Waals surface area contributed by atoms with Crippen molar-refractivity contribution >= 4 is 22.5 Å². The molecule has 3 rings (SSSR count). The first-order valence-electron chi connectivity index (χ1n) is 10.4. The molecule has 0 aliphatic rings. The molecule has 1 aromatic heterocycles. The summed E-state index contributed by atoms with van der Waals surface area (Å²) in [5, 5.41) is 3.23. The summed E-state index contributed by atoms with van der Waals surface area (Å²) < 4.78 is 12.9. The van der Waals surface area contributed by atoms with Crippen LogP contribution >= 0.6 is 0 Å². The monoisotopic (exact) mass is 425 g/mol. The standard InChI is InChI=1S/C23H27N3O5/c1-3-13-30-19-10-9-16(15-20(19)31-14-4-2)24-21(27)11-12-26-18-8-6-5-7-17(18)22(28)25-23(26)29/h5-10,15H,3-4,11-14H2,1-2H3,(H,24,27)(H,25,28,29). The Morgan fingerprint density at radius 2 is 1.71 bits per heavy atom. The van der Waals surface area contributed by atoms with E-state index in [1.807, 2.05) is 13.8 Å². The van der Waals surface area contributed by atoms with Gasteiger partial charge in [-0.3, -0.25) is 19.1 Å². The highest BCUT2D eigenvalue weighted by Crippen LogP contribution is 2.31. The average Bonchev–Trinajstić information content (AvgIpc) is 2.76. The van der Waals surface area contributed by atoms with Crippen LogP contribution in [0.4, 0.5) is 5.69 Å². The van der Waals surface area contributed by atoms with Gasteiger partial charge in [-0.1, -0.05) is 26.0 Å². The molecule has 0 fully saturated rings. The first-order chi connectivity index (χ1) is 15.0. The van der Waals surface area contributed by atoms with Gasteiger partial charge in [0.15, 0.2) is 11.5 Å². The summed E-state index contributed by atoms with van der Waals surface area (Å²) in [5.41, 5.74) is 0.103. The molecule has 0 aliphatic heterocycles. The van der Waals surface area contributed by atoms with Crippen molar-refractivity contribution in [2.45, 2.75) is 39.7 Å². The Morgan fingerprint density at radius 1 is 1.00 bits per heavy atom. The number of aromatic amines is 1. The second-order valence-electron chi connectivity index (χ2n) is 7.08. The van der Waals surface area contributed by atoms with Crippen molar-refractivity contribution in [3.05, 3.63) is 63.3 Å². The molecule has 0 unspecified atom stereocenters. The zero-order valence-electron chi connectivity index (χ0n) is 17.8. The van der Waals surface area contributed by atoms with Gasteiger partial charge >= 0.3 is 5.69 Å². The lowest BCUT2D eigenvalue weighted by molar-refractivity contribution is -0.116. The Balaban J connectivity index is 1.72. The predicted molar refractivity (Wildman–Crippen MR) is 120 cm³/mol. The first-order valence-corrected chi connectivity index (χ1v) is 10.4. The number of ether oxygens (including phenoxy) is 2. The third-order valence-corrected chi connectivity index (χ3v) is 4.62. The summed E-state index contributed by atoms with van der Waals surface area (Å²) in [6, 6.07) is 12.1. The predicted octanol–water partition coefficient (Wildman–Crippen LogP) is 3.30. The van der Waals surface area contributed by atoms with Crippen molar-refractivity contribution in [3.63, 3.8) is 0 Å². The number of para-hydroxylation sites is 1. The average molecular weight is 425 g/mol. The van der Waals surface area contributed by atoms with Crippen LogP contribution in [0.3, 0.4) is 0 Å². The van der Waals surface area contributed by atoms with Gasteiger partial charge in [0.1, 0.15) is 0 Å². The van der Waals surface area contributed by atoms with Crippen molar-refractivity contribution < 1.29 is 14.3 Å². The Bertz CT molecular complexity index is 1170. The number of amides is 1. The van der Waals surface area contributed by atoms with E-state index in [1.54, 1.807) is 42.5 Å². The summed E-state index contributed by atoms with van der Waals surface area (Å²) in [5.74, 6) is 0.960. The van der Waals surface area contributed by atoms with Crippen LogP contribution in [-0.2, 0) is 11.3 Å². The number of aromatic nitrogens is 2. The van der Waals surface area contributed by atoms with Gasteiger partial charge in [-0.15, -0.1) is 0 Å². The number of H-pyrrole nitrogens is 1. The molecule has 0 atom stereocenters. The van der Waals surface area contributed by atoms with Crippen molar-refractivity contribution in [1.29, 1.82) is 0 Å². The zero-order valence-corrected chi connectivity index (χ0v) is 17.8. The van der Waals surface area contributed by atoms with E-state index >= 15 is 0 Å². The van der Waals surface area contributed by atoms with Crippen LogP contribution in [0, 0.1) is 0 Å². The topological polar surface area (TPSA) is 102 Å². The molecule has 164 valence electrons. The third-order valence-electron chi connectivity index (χ3n) is 4.62. The summed E-state index contributed by atoms with van der Waals surface area (Å²) in [6.45, 7) is 5.30. The molecule has 8 heteroatoms. The van der Waals surface area contributed by atoms with E-state index in [4.69, 9.17) is 9.47 Å². The van der Waals surface area contributed by atoms with Gasteiger partial charge in [-0.05, 0) is 37.1 Å². The van der Waals surface area contributed by atoms with E-state index in [-0.39, 0.29) is 18.9 Å². The summed E-state index contributed by atoms with van der Waals surface area (Å²) in [6.07, 6.45) is 1.80. The fourth-order valence-electron chi connectivity index (χ4n) is 3.14. The minimum atomic E-state index is -0.538. The molecular weight excluding hydrogens is 398 g/mol. The third kappa shape index (κ3) is 5.53. The highest BCUT2D eigenvalue weighted by atomic mass is 16.5. The van der Waals surface area contributed by atoms with Gasteiger partial charge in [0.2, 0.25) is 5.91 Å². The first kappa shape index (κ1) is 22.1. The molecule has 0 spiro atoms. The van der Waals surface area contributed by atoms with Crippen LogP contribution in [0.5, 0.6) is 11.5 Å². The molecule has 0 aliphatic carbocycles. The molecule has 0 radical (unpaired) electrons. The van der Waals surface area contributed by atoms with Gasteiger partial charge in [-0.2, -0.15) is 0 Å². The van der Waals surface area contributed by atoms with Crippen LogP contribution in [0.25, 0.3) is 10.9 Å². The second-order valence-corrected chi connectivity index (χ2v) is 7.08. The lowest BCUT2D eigenvalue weighted by Crippen LogP contribution is -2.31. The molecule has 8 nitrogen and oxygen atoms in total. The molecule has 31 heavy (non-hydrogen) atoms. The molecule has 2 N–H and O–H groups in total. The zero-order chi connectivity index (χ0) is 22.2. The van der Waals surface area contributed by atoms with Crippen molar-refractivity contribution in [3.8, 4) is 11.5 Å². The van der Waals surface area contributed by atoms with Crippen LogP contribution in [-0.4, -0.2) is 28.7 Å². The summed E-state index contributed by atoms with van der Waals surface area (Å²) in [4.78, 5) is 39.0. The lowest BCUT2D eigenvalue weighted by Gasteiger charge is -2.14. The number of nitrogens with zero attached hydrogens (tertiary/aromatic N) is 1. The maximum Gasteiger partial charge on any atom is 0.328 e. The molecule has 3 aromatic rings. The Kier molecular flexibility index (Phi) is 7.48. The Hall–Kier alpha value is -3.55. The number of benzene rings is 2. The Labute approximate surface area is 179 Å². The van der Waals surface area contributed by atoms with Crippen molar-refractivity contribution in [2.75, 3.05) is 18.5 Å². The summed E-state index contributed by atoms with van der Waals surface area (Å²) >= 11 is 0. The van der Waals surface area contributed by atoms with E-state index in [0.717, 1.165) is 12.8 Å². The molecular formula is C23H27N3O5. The van der Waals surface area contributed by atoms with E-state index < -0.39 is 11.2 Å². The lowest BCUT2D eigenvalue weighted by atomic mass is 10.2. The summed E-state index contributed by atoms with van der Waals surface area (Å²) in [7, 11) is 0.